The summed E-state index contributed by atoms with van der Waals surface area (Å²) in [6, 6.07) is 11.8. The molecule has 2 rings (SSSR count). The van der Waals surface area contributed by atoms with Gasteiger partial charge in [0.05, 0.1) is 17.6 Å². The minimum atomic E-state index is -0.418. The normalized spacial score (nSPS) is 10.1. The zero-order valence-electron chi connectivity index (χ0n) is 10.8. The van der Waals surface area contributed by atoms with Crippen LogP contribution in [0, 0.1) is 10.1 Å². The van der Waals surface area contributed by atoms with Crippen LogP contribution in [0.4, 0.5) is 11.4 Å². The van der Waals surface area contributed by atoms with Gasteiger partial charge in [-0.15, -0.1) is 0 Å². The van der Waals surface area contributed by atoms with Crippen molar-refractivity contribution < 1.29 is 9.66 Å². The van der Waals surface area contributed by atoms with Gasteiger partial charge in [0, 0.05) is 29.4 Å². The van der Waals surface area contributed by atoms with Crippen molar-refractivity contribution >= 4 is 23.0 Å². The van der Waals surface area contributed by atoms with Crippen LogP contribution in [0.5, 0.6) is 5.75 Å². The molecule has 0 spiro atoms. The molecule has 0 aromatic heterocycles. The highest BCUT2D eigenvalue weighted by Crippen LogP contribution is 2.24. The maximum Gasteiger partial charge on any atom is 0.274 e. The number of rotatable bonds is 5. The van der Waals surface area contributed by atoms with Gasteiger partial charge in [0.2, 0.25) is 0 Å². The monoisotopic (exact) mass is 292 g/mol. The number of nitro groups is 1. The summed E-state index contributed by atoms with van der Waals surface area (Å²) >= 11 is 5.88. The first-order valence-electron chi connectivity index (χ1n) is 5.91. The number of benzene rings is 2. The van der Waals surface area contributed by atoms with E-state index in [1.54, 1.807) is 13.2 Å². The first-order valence-corrected chi connectivity index (χ1v) is 6.28. The lowest BCUT2D eigenvalue weighted by Crippen LogP contribution is -2.03. The van der Waals surface area contributed by atoms with Crippen LogP contribution in [-0.4, -0.2) is 12.0 Å². The van der Waals surface area contributed by atoms with Crippen LogP contribution < -0.4 is 10.1 Å². The number of methoxy groups -OCH3 is 1. The van der Waals surface area contributed by atoms with Gasteiger partial charge in [-0.25, -0.2) is 0 Å². The number of nitro benzene ring substituents is 1. The molecular weight excluding hydrogens is 280 g/mol. The van der Waals surface area contributed by atoms with Crippen molar-refractivity contribution in [1.82, 2.24) is 0 Å². The van der Waals surface area contributed by atoms with Gasteiger partial charge in [0.1, 0.15) is 5.75 Å². The number of anilines is 1. The van der Waals surface area contributed by atoms with E-state index in [0.29, 0.717) is 17.1 Å². The van der Waals surface area contributed by atoms with E-state index >= 15 is 0 Å². The molecule has 2 aromatic rings. The maximum absolute atomic E-state index is 11.0. The van der Waals surface area contributed by atoms with Gasteiger partial charge < -0.3 is 10.1 Å². The van der Waals surface area contributed by atoms with Gasteiger partial charge in [0.25, 0.3) is 5.69 Å². The first-order chi connectivity index (χ1) is 9.60. The number of nitrogens with zero attached hydrogens (tertiary/aromatic N) is 1. The molecule has 0 saturated heterocycles. The van der Waals surface area contributed by atoms with E-state index in [9.17, 15) is 10.1 Å². The van der Waals surface area contributed by atoms with E-state index in [1.165, 1.54) is 12.1 Å². The number of hydrogen-bond acceptors (Lipinski definition) is 4. The topological polar surface area (TPSA) is 64.4 Å². The third-order valence-electron chi connectivity index (χ3n) is 2.79. The van der Waals surface area contributed by atoms with E-state index in [4.69, 9.17) is 16.3 Å². The minimum Gasteiger partial charge on any atom is -0.497 e. The molecule has 2 aromatic carbocycles. The average Bonchev–Trinajstić information content (AvgIpc) is 2.45. The second kappa shape index (κ2) is 6.25. The molecule has 6 heteroatoms. The third-order valence-corrected chi connectivity index (χ3v) is 3.03. The Hall–Kier alpha value is -2.27. The fourth-order valence-corrected chi connectivity index (χ4v) is 2.00. The number of nitrogens with one attached hydrogen (secondary N) is 1. The highest BCUT2D eigenvalue weighted by atomic mass is 35.5. The minimum absolute atomic E-state index is 0.0461. The quantitative estimate of drug-likeness (QED) is 0.671. The predicted octanol–water partition coefficient (Wildman–Crippen LogP) is 3.87. The zero-order valence-corrected chi connectivity index (χ0v) is 11.6. The largest absolute Gasteiger partial charge is 0.497 e. The highest BCUT2D eigenvalue weighted by molar-refractivity contribution is 6.30. The second-order valence-electron chi connectivity index (χ2n) is 4.12. The van der Waals surface area contributed by atoms with Gasteiger partial charge in [-0.05, 0) is 24.3 Å². The molecule has 0 bridgehead atoms. The van der Waals surface area contributed by atoms with Gasteiger partial charge in [-0.1, -0.05) is 17.7 Å². The standard InChI is InChI=1S/C14H13ClN2O3/c1-20-13-4-2-3-12(8-13)16-9-10-7-11(15)5-6-14(10)17(18)19/h2-8,16H,9H2,1H3. The van der Waals surface area contributed by atoms with Gasteiger partial charge in [-0.3, -0.25) is 10.1 Å². The molecule has 0 atom stereocenters. The molecule has 20 heavy (non-hydrogen) atoms. The van der Waals surface area contributed by atoms with Crippen LogP contribution in [0.25, 0.3) is 0 Å². The summed E-state index contributed by atoms with van der Waals surface area (Å²) in [5.74, 6) is 0.718. The molecule has 0 heterocycles. The Bertz CT molecular complexity index is 632. The van der Waals surface area contributed by atoms with Crippen molar-refractivity contribution in [3.8, 4) is 5.75 Å². The lowest BCUT2D eigenvalue weighted by Gasteiger charge is -2.09. The van der Waals surface area contributed by atoms with Crippen LogP contribution in [0.1, 0.15) is 5.56 Å². The fraction of sp³-hybridized carbons (Fsp3) is 0.143. The Morgan fingerprint density at radius 1 is 1.30 bits per heavy atom. The van der Waals surface area contributed by atoms with Crippen molar-refractivity contribution in [3.05, 3.63) is 63.2 Å². The number of hydrogen-bond donors (Lipinski definition) is 1. The van der Waals surface area contributed by atoms with Crippen LogP contribution in [0.2, 0.25) is 5.02 Å². The van der Waals surface area contributed by atoms with E-state index in [2.05, 4.69) is 5.32 Å². The molecule has 0 fully saturated rings. The van der Waals surface area contributed by atoms with Crippen molar-refractivity contribution in [3.63, 3.8) is 0 Å². The summed E-state index contributed by atoms with van der Waals surface area (Å²) < 4.78 is 5.12. The number of halogens is 1. The molecule has 1 N–H and O–H groups in total. The lowest BCUT2D eigenvalue weighted by molar-refractivity contribution is -0.385. The lowest BCUT2D eigenvalue weighted by atomic mass is 10.1. The average molecular weight is 293 g/mol. The van der Waals surface area contributed by atoms with Crippen LogP contribution in [0.3, 0.4) is 0 Å². The zero-order chi connectivity index (χ0) is 14.5. The van der Waals surface area contributed by atoms with E-state index in [-0.39, 0.29) is 5.69 Å². The third kappa shape index (κ3) is 3.39. The Labute approximate surface area is 121 Å². The fourth-order valence-electron chi connectivity index (χ4n) is 1.80. The molecular formula is C14H13ClN2O3. The van der Waals surface area contributed by atoms with E-state index in [0.717, 1.165) is 11.4 Å². The summed E-state index contributed by atoms with van der Waals surface area (Å²) in [7, 11) is 1.58. The summed E-state index contributed by atoms with van der Waals surface area (Å²) in [4.78, 5) is 10.5. The summed E-state index contributed by atoms with van der Waals surface area (Å²) in [5, 5.41) is 14.5. The van der Waals surface area contributed by atoms with Crippen LogP contribution >= 0.6 is 11.6 Å². The molecule has 0 aliphatic heterocycles. The predicted molar refractivity (Wildman–Crippen MR) is 78.4 cm³/mol. The van der Waals surface area contributed by atoms with Gasteiger partial charge in [0.15, 0.2) is 0 Å². The molecule has 0 aliphatic carbocycles. The second-order valence-corrected chi connectivity index (χ2v) is 4.55. The molecule has 0 unspecified atom stereocenters. The Kier molecular flexibility index (Phi) is 4.42. The molecule has 0 aliphatic rings. The maximum atomic E-state index is 11.0. The molecule has 104 valence electrons. The number of ether oxygens (including phenoxy) is 1. The summed E-state index contributed by atoms with van der Waals surface area (Å²) in [6.07, 6.45) is 0. The van der Waals surface area contributed by atoms with Crippen molar-refractivity contribution in [2.45, 2.75) is 6.54 Å². The highest BCUT2D eigenvalue weighted by Gasteiger charge is 2.13. The summed E-state index contributed by atoms with van der Waals surface area (Å²) in [6.45, 7) is 0.310. The van der Waals surface area contributed by atoms with Crippen LogP contribution in [-0.2, 0) is 6.54 Å². The molecule has 5 nitrogen and oxygen atoms in total. The van der Waals surface area contributed by atoms with E-state index < -0.39 is 4.92 Å². The Morgan fingerprint density at radius 2 is 2.10 bits per heavy atom. The first kappa shape index (κ1) is 14.1. The van der Waals surface area contributed by atoms with E-state index in [1.807, 2.05) is 24.3 Å². The van der Waals surface area contributed by atoms with Crippen molar-refractivity contribution in [2.75, 3.05) is 12.4 Å². The van der Waals surface area contributed by atoms with Crippen molar-refractivity contribution in [1.29, 1.82) is 0 Å². The Balaban J connectivity index is 2.17. The van der Waals surface area contributed by atoms with Crippen LogP contribution in [0.15, 0.2) is 42.5 Å². The molecule has 0 saturated carbocycles. The summed E-state index contributed by atoms with van der Waals surface area (Å²) in [5.41, 5.74) is 1.40. The molecule has 0 amide bonds. The van der Waals surface area contributed by atoms with Gasteiger partial charge in [-0.2, -0.15) is 0 Å². The smallest absolute Gasteiger partial charge is 0.274 e. The Morgan fingerprint density at radius 3 is 2.80 bits per heavy atom. The molecule has 0 radical (unpaired) electrons. The SMILES string of the molecule is COc1cccc(NCc2cc(Cl)ccc2[N+](=O)[O-])c1. The van der Waals surface area contributed by atoms with Gasteiger partial charge >= 0.3 is 0 Å². The van der Waals surface area contributed by atoms with Crippen molar-refractivity contribution in [2.24, 2.45) is 0 Å².